The molecule has 3 aliphatic heterocycles. The molecule has 3 amide bonds. The van der Waals surface area contributed by atoms with Gasteiger partial charge in [0.05, 0.1) is 0 Å². The molecule has 8 nitrogen and oxygen atoms in total. The van der Waals surface area contributed by atoms with Crippen LogP contribution in [-0.2, 0) is 22.4 Å². The zero-order valence-electron chi connectivity index (χ0n) is 22.2. The number of nitrogens with zero attached hydrogens (tertiary/aromatic N) is 3. The van der Waals surface area contributed by atoms with Crippen LogP contribution in [0.5, 0.6) is 0 Å². The molecule has 4 heterocycles. The van der Waals surface area contributed by atoms with E-state index < -0.39 is 0 Å². The minimum Gasteiger partial charge on any atom is -0.353 e. The Bertz CT molecular complexity index is 988. The van der Waals surface area contributed by atoms with Crippen LogP contribution in [0, 0.1) is 23.7 Å². The summed E-state index contributed by atoms with van der Waals surface area (Å²) >= 11 is 0. The standard InChI is InChI=1S/C28H43N5O3/c1-17(2)22-11-10-18(3)12-26(35)33-15-19-13-20(24(33)8-5-9-25(34)29-22)16-32(14-19)28(36)27-21-6-4-7-23(21)30-31-27/h17-20,22,24H,4-16H2,1-3H3,(H,29,34)(H,30,31)/t18-,19+,20+,22+,24+/m1/s1. The van der Waals surface area contributed by atoms with Crippen LogP contribution in [0.3, 0.4) is 0 Å². The van der Waals surface area contributed by atoms with Gasteiger partial charge in [0.1, 0.15) is 0 Å². The quantitative estimate of drug-likeness (QED) is 0.655. The zero-order valence-corrected chi connectivity index (χ0v) is 22.2. The Morgan fingerprint density at radius 3 is 2.67 bits per heavy atom. The zero-order chi connectivity index (χ0) is 25.4. The predicted octanol–water partition coefficient (Wildman–Crippen LogP) is 3.32. The highest BCUT2D eigenvalue weighted by Gasteiger charge is 2.44. The lowest BCUT2D eigenvalue weighted by Crippen LogP contribution is -2.60. The summed E-state index contributed by atoms with van der Waals surface area (Å²) in [5, 5.41) is 10.7. The Balaban J connectivity index is 1.32. The number of amides is 3. The largest absolute Gasteiger partial charge is 0.353 e. The molecule has 0 radical (unpaired) electrons. The van der Waals surface area contributed by atoms with Crippen LogP contribution < -0.4 is 5.32 Å². The average Bonchev–Trinajstić information content (AvgIpc) is 3.45. The molecule has 2 N–H and O–H groups in total. The SMILES string of the molecule is CC(C)[C@@H]1CC[C@@H](C)CC(=O)N2C[C@H]3C[C@@H](CN(C(=O)c4n[nH]c5c4CCC5)C3)[C@@H]2CCCC(=O)N1. The van der Waals surface area contributed by atoms with Crippen molar-refractivity contribution >= 4 is 17.7 Å². The number of aromatic nitrogens is 2. The Morgan fingerprint density at radius 2 is 1.86 bits per heavy atom. The van der Waals surface area contributed by atoms with Gasteiger partial charge in [-0.25, -0.2) is 0 Å². The fraction of sp³-hybridized carbons (Fsp3) is 0.786. The van der Waals surface area contributed by atoms with Gasteiger partial charge in [-0.3, -0.25) is 19.5 Å². The summed E-state index contributed by atoms with van der Waals surface area (Å²) in [7, 11) is 0. The predicted molar refractivity (Wildman–Crippen MR) is 137 cm³/mol. The van der Waals surface area contributed by atoms with Crippen LogP contribution in [0.1, 0.15) is 93.9 Å². The number of fused-ring (bicyclic) bond motifs is 5. The Kier molecular flexibility index (Phi) is 7.40. The van der Waals surface area contributed by atoms with E-state index in [1.165, 1.54) is 0 Å². The highest BCUT2D eigenvalue weighted by atomic mass is 16.2. The number of piperidine rings is 2. The summed E-state index contributed by atoms with van der Waals surface area (Å²) in [6, 6.07) is 0.261. The summed E-state index contributed by atoms with van der Waals surface area (Å²) in [5.74, 6) is 1.65. The van der Waals surface area contributed by atoms with E-state index in [-0.39, 0.29) is 35.7 Å². The molecule has 5 atom stereocenters. The van der Waals surface area contributed by atoms with Crippen molar-refractivity contribution in [2.75, 3.05) is 19.6 Å². The van der Waals surface area contributed by atoms with Gasteiger partial charge >= 0.3 is 0 Å². The van der Waals surface area contributed by atoms with Crippen LogP contribution in [0.15, 0.2) is 0 Å². The fourth-order valence-electron chi connectivity index (χ4n) is 7.12. The highest BCUT2D eigenvalue weighted by Crippen LogP contribution is 2.37. The Labute approximate surface area is 214 Å². The molecule has 1 aromatic rings. The molecule has 0 saturated carbocycles. The molecule has 198 valence electrons. The molecule has 0 spiro atoms. The maximum atomic E-state index is 13.6. The van der Waals surface area contributed by atoms with E-state index in [2.05, 4.69) is 41.2 Å². The van der Waals surface area contributed by atoms with Gasteiger partial charge in [-0.05, 0) is 75.0 Å². The molecule has 1 aliphatic carbocycles. The summed E-state index contributed by atoms with van der Waals surface area (Å²) in [5.41, 5.74) is 2.83. The summed E-state index contributed by atoms with van der Waals surface area (Å²) in [6.45, 7) is 8.56. The molecule has 0 unspecified atom stereocenters. The van der Waals surface area contributed by atoms with E-state index >= 15 is 0 Å². The summed E-state index contributed by atoms with van der Waals surface area (Å²) in [6.07, 6.45) is 8.54. The van der Waals surface area contributed by atoms with Crippen molar-refractivity contribution in [1.29, 1.82) is 0 Å². The number of hydrogen-bond donors (Lipinski definition) is 2. The molecule has 4 aliphatic rings. The highest BCUT2D eigenvalue weighted by molar-refractivity contribution is 5.94. The van der Waals surface area contributed by atoms with Crippen LogP contribution in [0.2, 0.25) is 0 Å². The van der Waals surface area contributed by atoms with Gasteiger partial charge in [0.15, 0.2) is 5.69 Å². The van der Waals surface area contributed by atoms with Crippen molar-refractivity contribution in [2.24, 2.45) is 23.7 Å². The Morgan fingerprint density at radius 1 is 1.03 bits per heavy atom. The first-order valence-electron chi connectivity index (χ1n) is 14.2. The van der Waals surface area contributed by atoms with Gasteiger partial charge in [-0.2, -0.15) is 5.10 Å². The van der Waals surface area contributed by atoms with Gasteiger partial charge in [0.25, 0.3) is 5.91 Å². The summed E-state index contributed by atoms with van der Waals surface area (Å²) < 4.78 is 0. The first-order valence-corrected chi connectivity index (χ1v) is 14.2. The minimum atomic E-state index is 0.0428. The minimum absolute atomic E-state index is 0.0428. The van der Waals surface area contributed by atoms with Crippen molar-refractivity contribution in [3.8, 4) is 0 Å². The van der Waals surface area contributed by atoms with E-state index in [9.17, 15) is 14.4 Å². The molecule has 8 heteroatoms. The lowest BCUT2D eigenvalue weighted by atomic mass is 9.77. The van der Waals surface area contributed by atoms with E-state index in [0.29, 0.717) is 49.4 Å². The van der Waals surface area contributed by atoms with Gasteiger partial charge in [-0.15, -0.1) is 0 Å². The summed E-state index contributed by atoms with van der Waals surface area (Å²) in [4.78, 5) is 43.9. The number of hydrogen-bond acceptors (Lipinski definition) is 4. The third kappa shape index (κ3) is 5.18. The maximum absolute atomic E-state index is 13.6. The molecule has 1 aromatic heterocycles. The van der Waals surface area contributed by atoms with Crippen molar-refractivity contribution in [3.63, 3.8) is 0 Å². The third-order valence-electron chi connectivity index (χ3n) is 9.13. The second-order valence-corrected chi connectivity index (χ2v) is 12.3. The van der Waals surface area contributed by atoms with E-state index in [0.717, 1.165) is 69.2 Å². The molecule has 5 rings (SSSR count). The third-order valence-corrected chi connectivity index (χ3v) is 9.13. The lowest BCUT2D eigenvalue weighted by molar-refractivity contribution is -0.141. The van der Waals surface area contributed by atoms with E-state index in [4.69, 9.17) is 0 Å². The van der Waals surface area contributed by atoms with Crippen LogP contribution in [0.25, 0.3) is 0 Å². The molecule has 3 saturated heterocycles. The van der Waals surface area contributed by atoms with Crippen molar-refractivity contribution in [1.82, 2.24) is 25.3 Å². The molecule has 2 bridgehead atoms. The number of rotatable bonds is 2. The molecule has 3 fully saturated rings. The van der Waals surface area contributed by atoms with Gasteiger partial charge in [-0.1, -0.05) is 20.8 Å². The lowest BCUT2D eigenvalue weighted by Gasteiger charge is -2.51. The van der Waals surface area contributed by atoms with Crippen molar-refractivity contribution in [3.05, 3.63) is 17.0 Å². The van der Waals surface area contributed by atoms with Crippen molar-refractivity contribution < 1.29 is 14.4 Å². The van der Waals surface area contributed by atoms with Crippen LogP contribution in [-0.4, -0.2) is 69.4 Å². The topological polar surface area (TPSA) is 98.4 Å². The van der Waals surface area contributed by atoms with E-state index in [1.807, 2.05) is 4.90 Å². The fourth-order valence-corrected chi connectivity index (χ4v) is 7.12. The monoisotopic (exact) mass is 497 g/mol. The number of aromatic amines is 1. The molecular weight excluding hydrogens is 454 g/mol. The average molecular weight is 498 g/mol. The number of nitrogens with one attached hydrogen (secondary N) is 2. The molecule has 0 aromatic carbocycles. The maximum Gasteiger partial charge on any atom is 0.274 e. The number of H-pyrrole nitrogens is 1. The van der Waals surface area contributed by atoms with Gasteiger partial charge in [0.2, 0.25) is 11.8 Å². The smallest absolute Gasteiger partial charge is 0.274 e. The number of carbonyl (C=O) groups excluding carboxylic acids is 3. The second-order valence-electron chi connectivity index (χ2n) is 12.3. The first kappa shape index (κ1) is 25.3. The normalized spacial score (nSPS) is 31.7. The number of carbonyl (C=O) groups is 3. The van der Waals surface area contributed by atoms with Crippen LogP contribution in [0.4, 0.5) is 0 Å². The second kappa shape index (κ2) is 10.5. The van der Waals surface area contributed by atoms with Gasteiger partial charge < -0.3 is 15.1 Å². The molecular formula is C28H43N5O3. The van der Waals surface area contributed by atoms with Gasteiger partial charge in [0, 0.05) is 55.8 Å². The van der Waals surface area contributed by atoms with Crippen LogP contribution >= 0.6 is 0 Å². The van der Waals surface area contributed by atoms with E-state index in [1.54, 1.807) is 0 Å². The Hall–Kier alpha value is -2.38. The molecule has 36 heavy (non-hydrogen) atoms. The number of aryl methyl sites for hydroxylation is 1. The first-order chi connectivity index (χ1) is 17.3. The number of likely N-dealkylation sites (tertiary alicyclic amines) is 1. The van der Waals surface area contributed by atoms with Crippen molar-refractivity contribution in [2.45, 2.75) is 97.1 Å².